The first-order valence-electron chi connectivity index (χ1n) is 7.53. The second-order valence-corrected chi connectivity index (χ2v) is 6.22. The second-order valence-electron chi connectivity index (χ2n) is 5.13. The first-order chi connectivity index (χ1) is 12.1. The minimum absolute atomic E-state index is 0. The van der Waals surface area contributed by atoms with E-state index in [0.717, 1.165) is 26.6 Å². The van der Waals surface area contributed by atoms with Gasteiger partial charge in [-0.2, -0.15) is 24.6 Å². The Kier molecular flexibility index (Phi) is 14.9. The van der Waals surface area contributed by atoms with Gasteiger partial charge in [0.15, 0.2) is 5.78 Å². The van der Waals surface area contributed by atoms with Crippen LogP contribution in [0.4, 0.5) is 0 Å². The van der Waals surface area contributed by atoms with Crippen molar-refractivity contribution in [1.82, 2.24) is 4.98 Å². The number of ketones is 1. The molecule has 0 spiro atoms. The van der Waals surface area contributed by atoms with Gasteiger partial charge in [-0.15, -0.1) is 12.3 Å². The number of rotatable bonds is 5. The summed E-state index contributed by atoms with van der Waals surface area (Å²) >= 11 is 1.60. The van der Waals surface area contributed by atoms with E-state index in [4.69, 9.17) is 9.90 Å². The molecule has 0 saturated carbocycles. The van der Waals surface area contributed by atoms with Crippen LogP contribution in [0, 0.1) is 13.1 Å². The van der Waals surface area contributed by atoms with Gasteiger partial charge in [0.25, 0.3) is 0 Å². The van der Waals surface area contributed by atoms with Crippen LogP contribution in [0.25, 0.3) is 10.6 Å². The fourth-order valence-corrected chi connectivity index (χ4v) is 3.08. The van der Waals surface area contributed by atoms with E-state index >= 15 is 0 Å². The number of hydrogen-bond donors (Lipinski definition) is 1. The number of aromatic nitrogens is 1. The van der Waals surface area contributed by atoms with Crippen molar-refractivity contribution in [2.24, 2.45) is 0 Å². The Balaban J connectivity index is 0.00000127. The number of aliphatic hydroxyl groups excluding tert-OH is 1. The molecule has 7 heteroatoms. The van der Waals surface area contributed by atoms with Crippen molar-refractivity contribution in [2.75, 3.05) is 0 Å². The molecule has 131 valence electrons. The Hall–Kier alpha value is -0.0109. The van der Waals surface area contributed by atoms with Gasteiger partial charge in [0.2, 0.25) is 0 Å². The van der Waals surface area contributed by atoms with E-state index < -0.39 is 0 Å². The molecule has 0 aliphatic rings. The molecule has 0 amide bonds. The van der Waals surface area contributed by atoms with Crippen LogP contribution in [0.5, 0.6) is 0 Å². The van der Waals surface area contributed by atoms with Crippen LogP contribution in [0.1, 0.15) is 27.2 Å². The van der Waals surface area contributed by atoms with E-state index in [1.54, 1.807) is 11.3 Å². The first-order valence-corrected chi connectivity index (χ1v) is 8.35. The molecule has 1 heterocycles. The van der Waals surface area contributed by atoms with E-state index in [-0.39, 0.29) is 96.7 Å². The van der Waals surface area contributed by atoms with Gasteiger partial charge >= 0.3 is 58.2 Å². The van der Waals surface area contributed by atoms with Crippen LogP contribution in [0.2, 0.25) is 0 Å². The molecule has 27 heavy (non-hydrogen) atoms. The smallest absolute Gasteiger partial charge is 0.665 e. The summed E-state index contributed by atoms with van der Waals surface area (Å²) in [6.45, 7) is 4.35. The van der Waals surface area contributed by atoms with Crippen molar-refractivity contribution in [3.8, 4) is 10.6 Å². The van der Waals surface area contributed by atoms with Crippen LogP contribution in [-0.2, 0) is 43.9 Å². The van der Waals surface area contributed by atoms with Crippen molar-refractivity contribution in [3.05, 3.63) is 83.7 Å². The number of hydrogen-bond acceptors (Lipinski definition) is 4. The molecule has 0 fully saturated rings. The Morgan fingerprint density at radius 2 is 1.85 bits per heavy atom. The maximum atomic E-state index is 12.2. The first kappa shape index (κ1) is 27.0. The molecular formula is C20H16NO3RbSY-2. The standard InChI is InChI=1S/C19H15NOS.CHO2.Rb.Y/c1-14-6-5-9-16(12-14)18(21)11-10-17-13-20-19(22-17)15-7-3-2-4-8-15;2-1-3;;/h2-9,12H,1,10-11H2;(H,2,3);;/q-2;-1;+1;. The Morgan fingerprint density at radius 1 is 1.19 bits per heavy atom. The minimum atomic E-state index is 0. The van der Waals surface area contributed by atoms with Crippen LogP contribution in [-0.4, -0.2) is 22.3 Å². The minimum Gasteiger partial charge on any atom is -0.665 e. The van der Waals surface area contributed by atoms with E-state index in [1.165, 1.54) is 0 Å². The van der Waals surface area contributed by atoms with Crippen molar-refractivity contribution in [1.29, 1.82) is 0 Å². The van der Waals surface area contributed by atoms with Crippen LogP contribution >= 0.6 is 11.3 Å². The molecule has 1 radical (unpaired) electrons. The van der Waals surface area contributed by atoms with Crippen LogP contribution in [0.15, 0.2) is 54.6 Å². The van der Waals surface area contributed by atoms with E-state index in [2.05, 4.69) is 18.1 Å². The van der Waals surface area contributed by atoms with Crippen molar-refractivity contribution in [3.63, 3.8) is 0 Å². The molecular weight excluding hydrogens is 509 g/mol. The fourth-order valence-electron chi connectivity index (χ4n) is 2.20. The molecule has 2 aromatic carbocycles. The number of carbonyl (C=O) groups excluding carboxylic acids is 1. The molecule has 0 atom stereocenters. The Morgan fingerprint density at radius 3 is 2.48 bits per heavy atom. The molecule has 0 bridgehead atoms. The summed E-state index contributed by atoms with van der Waals surface area (Å²) in [5, 5.41) is 7.71. The topological polar surface area (TPSA) is 67.3 Å². The van der Waals surface area contributed by atoms with Gasteiger partial charge in [0.05, 0.1) is 0 Å². The average molecular weight is 525 g/mol. The molecule has 0 aliphatic carbocycles. The largest absolute Gasteiger partial charge is 1.00 e. The zero-order chi connectivity index (χ0) is 18.1. The SMILES string of the molecule is O=[C-]O.[CH2-]c1cccc(C(=O)CCc2[c-]nc(-c3ccccc3)s2)c1.[Rb+].[Y]. The van der Waals surface area contributed by atoms with Crippen molar-refractivity contribution >= 4 is 23.6 Å². The van der Waals surface area contributed by atoms with E-state index in [1.807, 2.05) is 54.6 Å². The van der Waals surface area contributed by atoms with Crippen LogP contribution < -0.4 is 58.2 Å². The van der Waals surface area contributed by atoms with Gasteiger partial charge in [-0.05, 0) is 17.0 Å². The third kappa shape index (κ3) is 9.35. The van der Waals surface area contributed by atoms with E-state index in [0.29, 0.717) is 19.3 Å². The predicted molar refractivity (Wildman–Crippen MR) is 98.3 cm³/mol. The zero-order valence-electron chi connectivity index (χ0n) is 15.0. The van der Waals surface area contributed by atoms with E-state index in [9.17, 15) is 4.79 Å². The maximum Gasteiger partial charge on any atom is 1.00 e. The normalized spacial score (nSPS) is 9.04. The summed E-state index contributed by atoms with van der Waals surface area (Å²) < 4.78 is 0. The van der Waals surface area contributed by atoms with Crippen molar-refractivity contribution < 1.29 is 106 Å². The van der Waals surface area contributed by atoms with Crippen molar-refractivity contribution in [2.45, 2.75) is 12.8 Å². The second kappa shape index (κ2) is 14.9. The predicted octanol–water partition coefficient (Wildman–Crippen LogP) is 1.22. The number of Topliss-reactive ketones (excluding diaryl/α,β-unsaturated/α-hetero) is 1. The van der Waals surface area contributed by atoms with Crippen LogP contribution in [0.3, 0.4) is 0 Å². The average Bonchev–Trinajstić information content (AvgIpc) is 3.10. The zero-order valence-corrected chi connectivity index (χ0v) is 23.6. The third-order valence-corrected chi connectivity index (χ3v) is 4.41. The van der Waals surface area contributed by atoms with Gasteiger partial charge < -0.3 is 14.9 Å². The Bertz CT molecular complexity index is 840. The summed E-state index contributed by atoms with van der Waals surface area (Å²) in [6, 6.07) is 17.4. The quantitative estimate of drug-likeness (QED) is 0.403. The summed E-state index contributed by atoms with van der Waals surface area (Å²) in [6.07, 6.45) is 4.17. The summed E-state index contributed by atoms with van der Waals surface area (Å²) in [7, 11) is 0. The number of nitrogens with zero attached hydrogens (tertiary/aromatic N) is 1. The number of aryl methyl sites for hydroxylation is 1. The molecule has 1 N–H and O–H groups in total. The molecule has 3 rings (SSSR count). The summed E-state index contributed by atoms with van der Waals surface area (Å²) in [4.78, 5) is 25.8. The Labute approximate surface area is 237 Å². The molecule has 0 saturated heterocycles. The monoisotopic (exact) mass is 524 g/mol. The molecule has 3 aromatic rings. The number of benzene rings is 2. The number of thiazole rings is 1. The fraction of sp³-hybridized carbons (Fsp3) is 0.100. The summed E-state index contributed by atoms with van der Waals surface area (Å²) in [5.74, 6) is 0.133. The summed E-state index contributed by atoms with van der Waals surface area (Å²) in [5.41, 5.74) is 2.67. The molecule has 1 aromatic heterocycles. The molecule has 0 aliphatic heterocycles. The third-order valence-electron chi connectivity index (χ3n) is 3.35. The molecule has 0 unspecified atom stereocenters. The van der Waals surface area contributed by atoms with Gasteiger partial charge in [0.1, 0.15) is 0 Å². The van der Waals surface area contributed by atoms with Gasteiger partial charge in [-0.25, -0.2) is 11.3 Å². The maximum absolute atomic E-state index is 12.2. The van der Waals surface area contributed by atoms with Gasteiger partial charge in [0, 0.05) is 39.1 Å². The van der Waals surface area contributed by atoms with Gasteiger partial charge in [-0.3, -0.25) is 4.79 Å². The van der Waals surface area contributed by atoms with Gasteiger partial charge in [-0.1, -0.05) is 53.3 Å². The number of carbonyl (C=O) groups is 1. The molecule has 4 nitrogen and oxygen atoms in total.